The molecule has 23 heavy (non-hydrogen) atoms. The Bertz CT molecular complexity index is 778. The van der Waals surface area contributed by atoms with E-state index in [-0.39, 0.29) is 19.1 Å². The first-order valence-electron chi connectivity index (χ1n) is 7.41. The lowest BCUT2D eigenvalue weighted by atomic mass is 10.1. The number of carbonyl (C=O) groups excluding carboxylic acids is 1. The van der Waals surface area contributed by atoms with Gasteiger partial charge in [0, 0.05) is 42.3 Å². The fourth-order valence-electron chi connectivity index (χ4n) is 2.77. The highest BCUT2D eigenvalue weighted by molar-refractivity contribution is 5.96. The molecule has 1 aliphatic rings. The van der Waals surface area contributed by atoms with Gasteiger partial charge < -0.3 is 19.3 Å². The molecule has 0 saturated carbocycles. The first-order chi connectivity index (χ1) is 11.1. The lowest BCUT2D eigenvalue weighted by molar-refractivity contribution is -0.158. The van der Waals surface area contributed by atoms with Gasteiger partial charge in [-0.2, -0.15) is 0 Å². The predicted molar refractivity (Wildman–Crippen MR) is 85.9 cm³/mol. The molecule has 0 aliphatic carbocycles. The zero-order valence-electron chi connectivity index (χ0n) is 12.8. The van der Waals surface area contributed by atoms with E-state index in [9.17, 15) is 9.59 Å². The summed E-state index contributed by atoms with van der Waals surface area (Å²) in [5, 5.41) is 10.1. The van der Waals surface area contributed by atoms with E-state index in [2.05, 4.69) is 0 Å². The highest BCUT2D eigenvalue weighted by Gasteiger charge is 2.27. The zero-order chi connectivity index (χ0) is 16.4. The Kier molecular flexibility index (Phi) is 4.16. The summed E-state index contributed by atoms with van der Waals surface area (Å²) < 4.78 is 7.13. The minimum Gasteiger partial charge on any atom is -0.479 e. The molecule has 1 aromatic carbocycles. The first-order valence-corrected chi connectivity index (χ1v) is 7.41. The SMILES string of the molecule is Cn1cc(/C=C/C(=O)N2CCOC(C(=O)O)C2)c2ccccc21. The highest BCUT2D eigenvalue weighted by Crippen LogP contribution is 2.21. The van der Waals surface area contributed by atoms with Crippen molar-refractivity contribution in [3.8, 4) is 0 Å². The fourth-order valence-corrected chi connectivity index (χ4v) is 2.77. The summed E-state index contributed by atoms with van der Waals surface area (Å²) in [4.78, 5) is 24.7. The van der Waals surface area contributed by atoms with E-state index in [0.29, 0.717) is 6.54 Å². The quantitative estimate of drug-likeness (QED) is 0.872. The Morgan fingerprint density at radius 1 is 1.35 bits per heavy atom. The topological polar surface area (TPSA) is 71.8 Å². The smallest absolute Gasteiger partial charge is 0.334 e. The lowest BCUT2D eigenvalue weighted by Gasteiger charge is -2.30. The van der Waals surface area contributed by atoms with Crippen LogP contribution in [-0.2, 0) is 21.4 Å². The van der Waals surface area contributed by atoms with Crippen LogP contribution in [0.1, 0.15) is 5.56 Å². The van der Waals surface area contributed by atoms with Gasteiger partial charge in [-0.3, -0.25) is 4.79 Å². The number of aromatic nitrogens is 1. The zero-order valence-corrected chi connectivity index (χ0v) is 12.8. The number of morpholine rings is 1. The molecule has 1 aliphatic heterocycles. The first kappa shape index (κ1) is 15.3. The van der Waals surface area contributed by atoms with E-state index in [1.165, 1.54) is 11.0 Å². The summed E-state index contributed by atoms with van der Waals surface area (Å²) in [5.41, 5.74) is 2.05. The second kappa shape index (κ2) is 6.26. The number of rotatable bonds is 3. The predicted octanol–water partition coefficient (Wildman–Crippen LogP) is 1.50. The number of nitrogens with zero attached hydrogens (tertiary/aromatic N) is 2. The maximum absolute atomic E-state index is 12.3. The maximum Gasteiger partial charge on any atom is 0.334 e. The molecule has 1 N–H and O–H groups in total. The van der Waals surface area contributed by atoms with E-state index in [1.54, 1.807) is 6.08 Å². The fraction of sp³-hybridized carbons (Fsp3) is 0.294. The molecule has 0 radical (unpaired) electrons. The van der Waals surface area contributed by atoms with Gasteiger partial charge >= 0.3 is 5.97 Å². The summed E-state index contributed by atoms with van der Waals surface area (Å²) in [7, 11) is 1.96. The largest absolute Gasteiger partial charge is 0.479 e. The van der Waals surface area contributed by atoms with Crippen molar-refractivity contribution < 1.29 is 19.4 Å². The van der Waals surface area contributed by atoms with Crippen molar-refractivity contribution in [1.82, 2.24) is 9.47 Å². The van der Waals surface area contributed by atoms with Gasteiger partial charge in [-0.25, -0.2) is 4.79 Å². The summed E-state index contributed by atoms with van der Waals surface area (Å²) in [5.74, 6) is -1.24. The van der Waals surface area contributed by atoms with Crippen LogP contribution in [0.15, 0.2) is 36.5 Å². The van der Waals surface area contributed by atoms with Crippen molar-refractivity contribution in [2.24, 2.45) is 7.05 Å². The van der Waals surface area contributed by atoms with Crippen LogP contribution in [0.2, 0.25) is 0 Å². The Balaban J connectivity index is 1.76. The molecule has 1 aromatic heterocycles. The number of aliphatic carboxylic acids is 1. The van der Waals surface area contributed by atoms with Crippen LogP contribution in [0.5, 0.6) is 0 Å². The number of hydrogen-bond donors (Lipinski definition) is 1. The van der Waals surface area contributed by atoms with Gasteiger partial charge in [0.25, 0.3) is 0 Å². The molecule has 1 saturated heterocycles. The molecule has 2 heterocycles. The summed E-state index contributed by atoms with van der Waals surface area (Å²) >= 11 is 0. The Hall–Kier alpha value is -2.60. The van der Waals surface area contributed by atoms with Crippen LogP contribution in [0, 0.1) is 0 Å². The molecule has 1 fully saturated rings. The Labute approximate surface area is 133 Å². The summed E-state index contributed by atoms with van der Waals surface area (Å²) in [6.45, 7) is 0.724. The number of carboxylic acids is 1. The molecule has 6 heteroatoms. The van der Waals surface area contributed by atoms with Gasteiger partial charge in [0.2, 0.25) is 5.91 Å². The van der Waals surface area contributed by atoms with E-state index in [1.807, 2.05) is 42.1 Å². The lowest BCUT2D eigenvalue weighted by Crippen LogP contribution is -2.48. The Morgan fingerprint density at radius 2 is 2.13 bits per heavy atom. The van der Waals surface area contributed by atoms with Crippen molar-refractivity contribution in [2.45, 2.75) is 6.10 Å². The standard InChI is InChI=1S/C17H18N2O4/c1-18-10-12(13-4-2-3-5-14(13)18)6-7-16(20)19-8-9-23-15(11-19)17(21)22/h2-7,10,15H,8-9,11H2,1H3,(H,21,22)/b7-6+. The monoisotopic (exact) mass is 314 g/mol. The maximum atomic E-state index is 12.3. The van der Waals surface area contributed by atoms with Crippen molar-refractivity contribution in [2.75, 3.05) is 19.7 Å². The third kappa shape index (κ3) is 3.12. The number of fused-ring (bicyclic) bond motifs is 1. The number of carbonyl (C=O) groups is 2. The van der Waals surface area contributed by atoms with Crippen LogP contribution >= 0.6 is 0 Å². The van der Waals surface area contributed by atoms with Gasteiger partial charge in [0.05, 0.1) is 13.2 Å². The average molecular weight is 314 g/mol. The van der Waals surface area contributed by atoms with Crippen molar-refractivity contribution >= 4 is 28.9 Å². The van der Waals surface area contributed by atoms with Crippen LogP contribution in [0.25, 0.3) is 17.0 Å². The normalized spacial score (nSPS) is 18.7. The molecule has 1 unspecified atom stereocenters. The summed E-state index contributed by atoms with van der Waals surface area (Å²) in [6.07, 6.45) is 4.29. The molecule has 120 valence electrons. The van der Waals surface area contributed by atoms with Gasteiger partial charge in [-0.1, -0.05) is 18.2 Å². The third-order valence-corrected chi connectivity index (χ3v) is 3.99. The highest BCUT2D eigenvalue weighted by atomic mass is 16.5. The van der Waals surface area contributed by atoms with Crippen molar-refractivity contribution in [3.63, 3.8) is 0 Å². The van der Waals surface area contributed by atoms with Crippen LogP contribution < -0.4 is 0 Å². The molecular formula is C17H18N2O4. The minimum absolute atomic E-state index is 0.0774. The molecule has 6 nitrogen and oxygen atoms in total. The average Bonchev–Trinajstić information content (AvgIpc) is 2.89. The number of para-hydroxylation sites is 1. The number of aryl methyl sites for hydroxylation is 1. The number of carboxylic acid groups (broad SMARTS) is 1. The Morgan fingerprint density at radius 3 is 2.91 bits per heavy atom. The second-order valence-corrected chi connectivity index (χ2v) is 5.53. The molecule has 3 rings (SSSR count). The van der Waals surface area contributed by atoms with Gasteiger partial charge in [0.1, 0.15) is 0 Å². The molecule has 0 spiro atoms. The van der Waals surface area contributed by atoms with Crippen molar-refractivity contribution in [3.05, 3.63) is 42.1 Å². The summed E-state index contributed by atoms with van der Waals surface area (Å²) in [6, 6.07) is 7.96. The number of benzene rings is 1. The molecule has 1 atom stereocenters. The minimum atomic E-state index is -1.04. The molecule has 1 amide bonds. The van der Waals surface area contributed by atoms with Gasteiger partial charge in [-0.05, 0) is 12.1 Å². The molecule has 0 bridgehead atoms. The van der Waals surface area contributed by atoms with E-state index in [4.69, 9.17) is 9.84 Å². The van der Waals surface area contributed by atoms with Crippen LogP contribution in [0.3, 0.4) is 0 Å². The second-order valence-electron chi connectivity index (χ2n) is 5.53. The van der Waals surface area contributed by atoms with E-state index >= 15 is 0 Å². The molecular weight excluding hydrogens is 296 g/mol. The third-order valence-electron chi connectivity index (χ3n) is 3.99. The van der Waals surface area contributed by atoms with Crippen LogP contribution in [-0.4, -0.2) is 52.3 Å². The van der Waals surface area contributed by atoms with E-state index in [0.717, 1.165) is 16.5 Å². The molecule has 2 aromatic rings. The van der Waals surface area contributed by atoms with Crippen molar-refractivity contribution in [1.29, 1.82) is 0 Å². The number of ether oxygens (including phenoxy) is 1. The number of amides is 1. The van der Waals surface area contributed by atoms with E-state index < -0.39 is 12.1 Å². The van der Waals surface area contributed by atoms with Crippen LogP contribution in [0.4, 0.5) is 0 Å². The number of hydrogen-bond acceptors (Lipinski definition) is 3. The van der Waals surface area contributed by atoms with Gasteiger partial charge in [0.15, 0.2) is 6.10 Å². The van der Waals surface area contributed by atoms with Gasteiger partial charge in [-0.15, -0.1) is 0 Å².